The molecule has 0 spiro atoms. The molecule has 2 aromatic heterocycles. The van der Waals surface area contributed by atoms with E-state index in [9.17, 15) is 4.79 Å². The van der Waals surface area contributed by atoms with Crippen LogP contribution in [0.3, 0.4) is 0 Å². The number of imidazole rings is 1. The van der Waals surface area contributed by atoms with Gasteiger partial charge in [-0.25, -0.2) is 10.4 Å². The van der Waals surface area contributed by atoms with Gasteiger partial charge in [-0.15, -0.1) is 12.4 Å². The molecule has 1 amide bonds. The van der Waals surface area contributed by atoms with Crippen molar-refractivity contribution in [2.45, 2.75) is 12.8 Å². The third-order valence-corrected chi connectivity index (χ3v) is 6.62. The predicted molar refractivity (Wildman–Crippen MR) is 129 cm³/mol. The maximum Gasteiger partial charge on any atom is 0.244 e. The van der Waals surface area contributed by atoms with Crippen molar-refractivity contribution in [3.63, 3.8) is 0 Å². The van der Waals surface area contributed by atoms with E-state index in [1.807, 2.05) is 42.5 Å². The molecule has 31 heavy (non-hydrogen) atoms. The molecule has 8 heteroatoms. The molecule has 1 atom stereocenters. The number of amides is 1. The van der Waals surface area contributed by atoms with Crippen molar-refractivity contribution in [2.75, 3.05) is 20.1 Å². The summed E-state index contributed by atoms with van der Waals surface area (Å²) >= 11 is 1.65. The first-order chi connectivity index (χ1) is 14.7. The highest BCUT2D eigenvalue weighted by atomic mass is 35.5. The van der Waals surface area contributed by atoms with Crippen LogP contribution in [0.4, 0.5) is 0 Å². The summed E-state index contributed by atoms with van der Waals surface area (Å²) in [6, 6.07) is 18.3. The van der Waals surface area contributed by atoms with Crippen molar-refractivity contribution in [3.05, 3.63) is 60.3 Å². The summed E-state index contributed by atoms with van der Waals surface area (Å²) in [7, 11) is 2.06. The van der Waals surface area contributed by atoms with E-state index in [0.717, 1.165) is 53.4 Å². The number of carbonyl (C=O) groups excluding carboxylic acids is 1. The number of nitrogens with zero attached hydrogens (tertiary/aromatic N) is 4. The number of hydrazone groups is 1. The van der Waals surface area contributed by atoms with Gasteiger partial charge in [0.25, 0.3) is 0 Å². The number of hydrogen-bond acceptors (Lipinski definition) is 5. The number of piperidine rings is 1. The number of hydrogen-bond donors (Lipinski definition) is 1. The Labute approximate surface area is 191 Å². The number of likely N-dealkylation sites (tertiary alicyclic amines) is 1. The molecule has 6 nitrogen and oxygen atoms in total. The van der Waals surface area contributed by atoms with Crippen molar-refractivity contribution in [1.29, 1.82) is 0 Å². The van der Waals surface area contributed by atoms with Crippen LogP contribution in [0.25, 0.3) is 26.4 Å². The molecule has 2 aromatic carbocycles. The number of rotatable bonds is 4. The predicted octanol–water partition coefficient (Wildman–Crippen LogP) is 4.43. The lowest BCUT2D eigenvalue weighted by Gasteiger charge is -2.28. The van der Waals surface area contributed by atoms with Gasteiger partial charge in [-0.1, -0.05) is 53.8 Å². The summed E-state index contributed by atoms with van der Waals surface area (Å²) in [5.41, 5.74) is 6.61. The molecule has 0 bridgehead atoms. The number of thiazole rings is 1. The van der Waals surface area contributed by atoms with Gasteiger partial charge in [-0.05, 0) is 38.6 Å². The molecule has 1 saturated heterocycles. The van der Waals surface area contributed by atoms with Crippen LogP contribution in [-0.4, -0.2) is 46.5 Å². The van der Waals surface area contributed by atoms with E-state index >= 15 is 0 Å². The summed E-state index contributed by atoms with van der Waals surface area (Å²) in [6.45, 7) is 1.83. The van der Waals surface area contributed by atoms with Crippen molar-refractivity contribution in [2.24, 2.45) is 11.0 Å². The number of fused-ring (bicyclic) bond motifs is 3. The van der Waals surface area contributed by atoms with Crippen LogP contribution in [0, 0.1) is 5.92 Å². The quantitative estimate of drug-likeness (QED) is 0.367. The first-order valence-corrected chi connectivity index (χ1v) is 11.0. The Morgan fingerprint density at radius 2 is 1.97 bits per heavy atom. The number of halogens is 1. The zero-order valence-electron chi connectivity index (χ0n) is 17.2. The third kappa shape index (κ3) is 4.21. The summed E-state index contributed by atoms with van der Waals surface area (Å²) in [6.07, 6.45) is 3.68. The molecule has 1 N–H and O–H groups in total. The molecule has 0 saturated carbocycles. The highest BCUT2D eigenvalue weighted by Gasteiger charge is 2.23. The minimum Gasteiger partial charge on any atom is -0.306 e. The van der Waals surface area contributed by atoms with Gasteiger partial charge in [0.15, 0.2) is 4.96 Å². The molecule has 5 rings (SSSR count). The Balaban J connectivity index is 0.00000231. The topological polar surface area (TPSA) is 62.0 Å². The first kappa shape index (κ1) is 21.5. The highest BCUT2D eigenvalue weighted by Crippen LogP contribution is 2.32. The van der Waals surface area contributed by atoms with Gasteiger partial charge in [-0.3, -0.25) is 9.20 Å². The molecule has 160 valence electrons. The smallest absolute Gasteiger partial charge is 0.244 e. The normalized spacial score (nSPS) is 17.3. The molecule has 1 unspecified atom stereocenters. The van der Waals surface area contributed by atoms with Crippen LogP contribution in [0.5, 0.6) is 0 Å². The van der Waals surface area contributed by atoms with Gasteiger partial charge in [0.1, 0.15) is 0 Å². The number of aromatic nitrogens is 2. The Morgan fingerprint density at radius 1 is 1.19 bits per heavy atom. The van der Waals surface area contributed by atoms with Gasteiger partial charge in [0, 0.05) is 12.1 Å². The van der Waals surface area contributed by atoms with Crippen molar-refractivity contribution in [3.8, 4) is 11.3 Å². The average Bonchev–Trinajstić information content (AvgIpc) is 3.31. The molecular formula is C23H24ClN5OS. The maximum absolute atomic E-state index is 12.6. The first-order valence-electron chi connectivity index (χ1n) is 10.2. The van der Waals surface area contributed by atoms with Crippen LogP contribution in [0.15, 0.2) is 59.7 Å². The minimum absolute atomic E-state index is 0. The fourth-order valence-corrected chi connectivity index (χ4v) is 5.13. The van der Waals surface area contributed by atoms with E-state index in [4.69, 9.17) is 4.98 Å². The number of carbonyl (C=O) groups is 1. The van der Waals surface area contributed by atoms with Crippen molar-refractivity contribution >= 4 is 51.0 Å². The molecule has 0 radical (unpaired) electrons. The molecule has 1 aliphatic heterocycles. The number of para-hydroxylation sites is 1. The van der Waals surface area contributed by atoms with Crippen molar-refractivity contribution in [1.82, 2.24) is 19.7 Å². The van der Waals surface area contributed by atoms with Gasteiger partial charge < -0.3 is 4.90 Å². The van der Waals surface area contributed by atoms with E-state index in [0.29, 0.717) is 0 Å². The summed E-state index contributed by atoms with van der Waals surface area (Å²) < 4.78 is 3.29. The Kier molecular flexibility index (Phi) is 6.36. The maximum atomic E-state index is 12.6. The Bertz CT molecular complexity index is 1230. The molecule has 1 fully saturated rings. The lowest BCUT2D eigenvalue weighted by molar-refractivity contribution is -0.126. The molecular weight excluding hydrogens is 430 g/mol. The zero-order chi connectivity index (χ0) is 20.5. The fourth-order valence-electron chi connectivity index (χ4n) is 4.10. The lowest BCUT2D eigenvalue weighted by atomic mass is 9.98. The van der Waals surface area contributed by atoms with Gasteiger partial charge in [0.05, 0.1) is 33.7 Å². The SMILES string of the molecule is CN1CCCC(C(=O)N/N=C/c2c(-c3ccccc3)nc3sc4ccccc4n23)C1.Cl. The van der Waals surface area contributed by atoms with E-state index in [1.54, 1.807) is 17.6 Å². The highest BCUT2D eigenvalue weighted by molar-refractivity contribution is 7.23. The Morgan fingerprint density at radius 3 is 2.77 bits per heavy atom. The number of benzene rings is 2. The van der Waals surface area contributed by atoms with Gasteiger partial charge in [0.2, 0.25) is 5.91 Å². The van der Waals surface area contributed by atoms with E-state index in [2.05, 4.69) is 39.0 Å². The molecule has 3 heterocycles. The monoisotopic (exact) mass is 453 g/mol. The molecule has 1 aliphatic rings. The third-order valence-electron chi connectivity index (χ3n) is 5.59. The van der Waals surface area contributed by atoms with E-state index in [-0.39, 0.29) is 24.2 Å². The summed E-state index contributed by atoms with van der Waals surface area (Å²) in [5.74, 6) is -0.0306. The summed E-state index contributed by atoms with van der Waals surface area (Å²) in [4.78, 5) is 20.6. The second-order valence-corrected chi connectivity index (χ2v) is 8.74. The second kappa shape index (κ2) is 9.18. The largest absolute Gasteiger partial charge is 0.306 e. The number of nitrogens with one attached hydrogen (secondary N) is 1. The summed E-state index contributed by atoms with van der Waals surface area (Å²) in [5, 5.41) is 4.34. The molecule has 4 aromatic rings. The minimum atomic E-state index is -0.0185. The van der Waals surface area contributed by atoms with Crippen LogP contribution in [0.2, 0.25) is 0 Å². The van der Waals surface area contributed by atoms with Gasteiger partial charge >= 0.3 is 0 Å². The van der Waals surface area contributed by atoms with Crippen LogP contribution >= 0.6 is 23.7 Å². The van der Waals surface area contributed by atoms with Crippen molar-refractivity contribution < 1.29 is 4.79 Å². The van der Waals surface area contributed by atoms with Crippen LogP contribution < -0.4 is 5.43 Å². The Hall–Kier alpha value is -2.74. The lowest BCUT2D eigenvalue weighted by Crippen LogP contribution is -2.40. The van der Waals surface area contributed by atoms with Crippen LogP contribution in [0.1, 0.15) is 18.5 Å². The van der Waals surface area contributed by atoms with E-state index < -0.39 is 0 Å². The fraction of sp³-hybridized carbons (Fsp3) is 0.261. The standard InChI is InChI=1S/C23H23N5OS.ClH/c1-27-13-7-10-17(15-27)22(29)26-24-14-19-21(16-8-3-2-4-9-16)25-23-28(19)18-11-5-6-12-20(18)30-23;/h2-6,8-9,11-12,14,17H,7,10,13,15H2,1H3,(H,26,29);1H/b24-14+;. The zero-order valence-corrected chi connectivity index (χ0v) is 18.8. The molecule has 0 aliphatic carbocycles. The van der Waals surface area contributed by atoms with Gasteiger partial charge in [-0.2, -0.15) is 5.10 Å². The second-order valence-electron chi connectivity index (χ2n) is 7.74. The van der Waals surface area contributed by atoms with E-state index in [1.165, 1.54) is 4.70 Å². The van der Waals surface area contributed by atoms with Crippen LogP contribution in [-0.2, 0) is 4.79 Å². The average molecular weight is 454 g/mol.